The number of Topliss-reactive ketones (excluding diaryl/α,β-unsaturated/α-hetero) is 1. The van der Waals surface area contributed by atoms with Crippen molar-refractivity contribution in [3.8, 4) is 0 Å². The first-order valence-electron chi connectivity index (χ1n) is 20.0. The zero-order chi connectivity index (χ0) is 45.4. The van der Waals surface area contributed by atoms with Gasteiger partial charge in [0.05, 0.1) is 37.1 Å². The first-order valence-corrected chi connectivity index (χ1v) is 20.0. The number of alkyl halides is 3. The lowest BCUT2D eigenvalue weighted by Crippen LogP contribution is -2.59. The van der Waals surface area contributed by atoms with Crippen LogP contribution in [0.25, 0.3) is 0 Å². The summed E-state index contributed by atoms with van der Waals surface area (Å²) >= 11 is 0. The molecule has 5 atom stereocenters. The van der Waals surface area contributed by atoms with Crippen LogP contribution < -0.4 is 5.32 Å². The number of alkyl carbamates (subject to hydrolysis) is 1. The average Bonchev–Trinajstić information content (AvgIpc) is 3.13. The van der Waals surface area contributed by atoms with E-state index in [-0.39, 0.29) is 44.0 Å². The van der Waals surface area contributed by atoms with Crippen molar-refractivity contribution >= 4 is 37.4 Å². The van der Waals surface area contributed by atoms with Crippen molar-refractivity contribution in [1.82, 2.24) is 10.2 Å². The lowest BCUT2D eigenvalue weighted by molar-refractivity contribution is -0.182. The van der Waals surface area contributed by atoms with E-state index in [0.29, 0.717) is 11.1 Å². The van der Waals surface area contributed by atoms with Crippen LogP contribution in [0.3, 0.4) is 0 Å². The van der Waals surface area contributed by atoms with E-state index in [1.165, 1.54) is 65.6 Å². The maximum atomic E-state index is 15.8. The van der Waals surface area contributed by atoms with Crippen molar-refractivity contribution < 1.29 is 64.5 Å². The van der Waals surface area contributed by atoms with Gasteiger partial charge in [0.2, 0.25) is 0 Å². The molecule has 0 radical (unpaired) electrons. The summed E-state index contributed by atoms with van der Waals surface area (Å²) in [5.41, 5.74) is -0.612. The van der Waals surface area contributed by atoms with E-state index in [4.69, 9.17) is 18.9 Å². The van der Waals surface area contributed by atoms with Crippen molar-refractivity contribution in [3.05, 3.63) is 106 Å². The Labute approximate surface area is 365 Å². The van der Waals surface area contributed by atoms with Gasteiger partial charge in [0.25, 0.3) is 0 Å². The number of rotatable bonds is 14. The lowest BCUT2D eigenvalue weighted by Gasteiger charge is -2.43. The molecule has 2 amide bonds. The van der Waals surface area contributed by atoms with Crippen LogP contribution in [0.1, 0.15) is 96.4 Å². The molecule has 62 heavy (non-hydrogen) atoms. The van der Waals surface area contributed by atoms with E-state index in [9.17, 15) is 41.1 Å². The quantitative estimate of drug-likeness (QED) is 0.0966. The number of hydrogen-bond donors (Lipinski definition) is 1. The van der Waals surface area contributed by atoms with E-state index < -0.39 is 114 Å². The third-order valence-corrected chi connectivity index (χ3v) is 9.93. The standard InChI is InChI=1S/C45H54F6N2O8.H2S/c1-26(45(49,50)51)22-38(55)58-25-36-27(2)59-33(24-53(36)42(57)61-44(6,7)8)20-21-34-30(10-9-11-35(34)48)23-37(54)40(52-41(56)60-43(3,4)5)39(28-12-16-31(46)17-13-28)29-14-18-32(47)19-15-29;/h9-19,26-27,33,36,39-40H,20-25H2,1-8H3,(H,52,56);1H2/t26-,27+,33-,36-,40-;/m1./s1. The number of amides is 2. The highest BCUT2D eigenvalue weighted by molar-refractivity contribution is 7.59. The summed E-state index contributed by atoms with van der Waals surface area (Å²) in [6.07, 6.45) is -9.03. The van der Waals surface area contributed by atoms with Gasteiger partial charge < -0.3 is 24.3 Å². The first-order chi connectivity index (χ1) is 28.3. The molecule has 0 aliphatic carbocycles. The highest BCUT2D eigenvalue weighted by Gasteiger charge is 2.42. The number of morpholine rings is 1. The number of nitrogens with one attached hydrogen (secondary N) is 1. The van der Waals surface area contributed by atoms with E-state index in [1.807, 2.05) is 0 Å². The molecule has 1 heterocycles. The predicted molar refractivity (Wildman–Crippen MR) is 223 cm³/mol. The van der Waals surface area contributed by atoms with Crippen molar-refractivity contribution in [3.63, 3.8) is 0 Å². The molecule has 3 aromatic carbocycles. The van der Waals surface area contributed by atoms with Crippen LogP contribution in [0.4, 0.5) is 35.9 Å². The third-order valence-electron chi connectivity index (χ3n) is 9.93. The summed E-state index contributed by atoms with van der Waals surface area (Å²) in [4.78, 5) is 54.9. The molecule has 0 spiro atoms. The Morgan fingerprint density at radius 3 is 1.90 bits per heavy atom. The largest absolute Gasteiger partial charge is 0.463 e. The highest BCUT2D eigenvalue weighted by Crippen LogP contribution is 2.33. The molecule has 0 unspecified atom stereocenters. The maximum Gasteiger partial charge on any atom is 0.410 e. The molecule has 1 aliphatic heterocycles. The second kappa shape index (κ2) is 21.5. The first kappa shape index (κ1) is 51.6. The van der Waals surface area contributed by atoms with Crippen LogP contribution in [0.5, 0.6) is 0 Å². The number of ether oxygens (including phenoxy) is 4. The zero-order valence-electron chi connectivity index (χ0n) is 36.0. The average molecular weight is 899 g/mol. The van der Waals surface area contributed by atoms with Gasteiger partial charge in [-0.1, -0.05) is 43.3 Å². The van der Waals surface area contributed by atoms with Crippen LogP contribution in [0.2, 0.25) is 0 Å². The van der Waals surface area contributed by atoms with Gasteiger partial charge in [-0.25, -0.2) is 22.8 Å². The van der Waals surface area contributed by atoms with E-state index >= 15 is 4.39 Å². The van der Waals surface area contributed by atoms with Gasteiger partial charge in [-0.15, -0.1) is 0 Å². The molecule has 0 bridgehead atoms. The van der Waals surface area contributed by atoms with Crippen LogP contribution in [-0.2, 0) is 41.4 Å². The van der Waals surface area contributed by atoms with Crippen LogP contribution in [0, 0.1) is 23.4 Å². The number of nitrogens with zero attached hydrogens (tertiary/aromatic N) is 1. The smallest absolute Gasteiger partial charge is 0.410 e. The number of esters is 1. The number of hydrogen-bond acceptors (Lipinski definition) is 8. The fourth-order valence-electron chi connectivity index (χ4n) is 6.92. The Kier molecular flexibility index (Phi) is 17.9. The summed E-state index contributed by atoms with van der Waals surface area (Å²) in [7, 11) is 0. The molecule has 0 saturated carbocycles. The Morgan fingerprint density at radius 2 is 1.39 bits per heavy atom. The Balaban J connectivity index is 0.0000102. The molecule has 1 saturated heterocycles. The summed E-state index contributed by atoms with van der Waals surface area (Å²) in [6, 6.07) is 12.5. The number of carbonyl (C=O) groups is 4. The van der Waals surface area contributed by atoms with Crippen molar-refractivity contribution in [2.24, 2.45) is 5.92 Å². The van der Waals surface area contributed by atoms with Gasteiger partial charge in [0.1, 0.15) is 41.3 Å². The topological polar surface area (TPSA) is 120 Å². The lowest BCUT2D eigenvalue weighted by atomic mass is 9.81. The van der Waals surface area contributed by atoms with Gasteiger partial charge in [-0.2, -0.15) is 26.7 Å². The molecule has 17 heteroatoms. The minimum Gasteiger partial charge on any atom is -0.463 e. The van der Waals surface area contributed by atoms with Crippen molar-refractivity contribution in [1.29, 1.82) is 0 Å². The SMILES string of the molecule is C[C@@H]1O[C@H](CCc2c(F)cccc2CC(=O)[C@@H](NC(=O)OC(C)(C)C)C(c2ccc(F)cc2)c2ccc(F)cc2)CN(C(=O)OC(C)(C)C)[C@@H]1COC(=O)C[C@@H](C)C(F)(F)F.S. The van der Waals surface area contributed by atoms with Crippen LogP contribution in [-0.4, -0.2) is 83.7 Å². The Bertz CT molecular complexity index is 1940. The van der Waals surface area contributed by atoms with Crippen molar-refractivity contribution in [2.75, 3.05) is 13.2 Å². The minimum atomic E-state index is -4.60. The van der Waals surface area contributed by atoms with E-state index in [2.05, 4.69) is 5.32 Å². The predicted octanol–water partition coefficient (Wildman–Crippen LogP) is 9.51. The van der Waals surface area contributed by atoms with Gasteiger partial charge >= 0.3 is 24.3 Å². The van der Waals surface area contributed by atoms with Crippen LogP contribution >= 0.6 is 13.5 Å². The zero-order valence-corrected chi connectivity index (χ0v) is 37.0. The van der Waals surface area contributed by atoms with Gasteiger partial charge in [0.15, 0.2) is 5.78 Å². The fourth-order valence-corrected chi connectivity index (χ4v) is 6.92. The maximum absolute atomic E-state index is 15.8. The molecular weight excluding hydrogens is 843 g/mol. The Hall–Kier alpha value is -4.77. The molecule has 342 valence electrons. The molecule has 1 aliphatic rings. The second-order valence-corrected chi connectivity index (χ2v) is 17.3. The molecule has 1 N–H and O–H groups in total. The van der Waals surface area contributed by atoms with Gasteiger partial charge in [-0.05, 0) is 114 Å². The molecular formula is C45H56F6N2O8S. The van der Waals surface area contributed by atoms with Gasteiger partial charge in [0, 0.05) is 12.3 Å². The van der Waals surface area contributed by atoms with Gasteiger partial charge in [-0.3, -0.25) is 14.5 Å². The van der Waals surface area contributed by atoms with Crippen LogP contribution in [0.15, 0.2) is 66.7 Å². The Morgan fingerprint density at radius 1 is 0.839 bits per heavy atom. The minimum absolute atomic E-state index is 0. The number of benzene rings is 3. The normalized spacial score (nSPS) is 18.0. The second-order valence-electron chi connectivity index (χ2n) is 17.3. The molecule has 3 aromatic rings. The third kappa shape index (κ3) is 15.2. The summed E-state index contributed by atoms with van der Waals surface area (Å²) in [5.74, 6) is -6.31. The number of ketones is 1. The number of carbonyl (C=O) groups excluding carboxylic acids is 4. The summed E-state index contributed by atoms with van der Waals surface area (Å²) in [5, 5.41) is 2.67. The fraction of sp³-hybridized carbons (Fsp3) is 0.511. The van der Waals surface area contributed by atoms with E-state index in [1.54, 1.807) is 54.5 Å². The summed E-state index contributed by atoms with van der Waals surface area (Å²) < 4.78 is 106. The molecule has 1 fully saturated rings. The monoisotopic (exact) mass is 898 g/mol. The highest BCUT2D eigenvalue weighted by atomic mass is 32.1. The molecule has 10 nitrogen and oxygen atoms in total. The van der Waals surface area contributed by atoms with Crippen molar-refractivity contribution in [2.45, 2.75) is 129 Å². The molecule has 4 rings (SSSR count). The molecule has 0 aromatic heterocycles. The van der Waals surface area contributed by atoms with E-state index in [0.717, 1.165) is 6.92 Å². The number of halogens is 6. The summed E-state index contributed by atoms with van der Waals surface area (Å²) in [6.45, 7) is 11.8.